The molecule has 1 aromatic heterocycles. The van der Waals surface area contributed by atoms with E-state index >= 15 is 0 Å². The predicted molar refractivity (Wildman–Crippen MR) is 71.4 cm³/mol. The Morgan fingerprint density at radius 3 is 2.89 bits per heavy atom. The lowest BCUT2D eigenvalue weighted by Crippen LogP contribution is -2.43. The van der Waals surface area contributed by atoms with E-state index in [9.17, 15) is 4.79 Å². The summed E-state index contributed by atoms with van der Waals surface area (Å²) in [5.41, 5.74) is 1.21. The van der Waals surface area contributed by atoms with E-state index in [1.54, 1.807) is 16.9 Å². The smallest absolute Gasteiger partial charge is 0.189 e. The van der Waals surface area contributed by atoms with Crippen molar-refractivity contribution >= 4 is 17.4 Å². The van der Waals surface area contributed by atoms with Crippen LogP contribution in [0.25, 0.3) is 0 Å². The SMILES string of the molecule is O=C(Cc1ccccc1Cl)c1cn(C2CNC2)nn1. The average Bonchev–Trinajstić information content (AvgIpc) is 2.79. The molecule has 19 heavy (non-hydrogen) atoms. The Morgan fingerprint density at radius 2 is 2.21 bits per heavy atom. The van der Waals surface area contributed by atoms with E-state index in [1.165, 1.54) is 0 Å². The van der Waals surface area contributed by atoms with Crippen LogP contribution in [0.5, 0.6) is 0 Å². The van der Waals surface area contributed by atoms with Crippen LogP contribution < -0.4 is 5.32 Å². The zero-order valence-electron chi connectivity index (χ0n) is 10.2. The summed E-state index contributed by atoms with van der Waals surface area (Å²) in [5.74, 6) is -0.0633. The number of nitrogens with one attached hydrogen (secondary N) is 1. The van der Waals surface area contributed by atoms with Crippen molar-refractivity contribution < 1.29 is 4.79 Å². The molecule has 1 aliphatic rings. The van der Waals surface area contributed by atoms with Crippen LogP contribution in [-0.4, -0.2) is 33.9 Å². The van der Waals surface area contributed by atoms with Gasteiger partial charge in [-0.2, -0.15) is 0 Å². The van der Waals surface area contributed by atoms with Crippen molar-refractivity contribution in [3.8, 4) is 0 Å². The number of rotatable bonds is 4. The second-order valence-electron chi connectivity index (χ2n) is 4.59. The maximum absolute atomic E-state index is 12.1. The molecule has 1 aliphatic heterocycles. The Kier molecular flexibility index (Phi) is 3.31. The third-order valence-corrected chi connectivity index (χ3v) is 3.61. The first-order chi connectivity index (χ1) is 9.24. The van der Waals surface area contributed by atoms with Crippen LogP contribution in [0.2, 0.25) is 5.02 Å². The minimum atomic E-state index is -0.0633. The van der Waals surface area contributed by atoms with E-state index in [2.05, 4.69) is 15.6 Å². The van der Waals surface area contributed by atoms with Crippen LogP contribution in [0.1, 0.15) is 22.1 Å². The van der Waals surface area contributed by atoms with Gasteiger partial charge in [-0.15, -0.1) is 5.10 Å². The molecule has 98 valence electrons. The molecule has 0 unspecified atom stereocenters. The number of hydrogen-bond donors (Lipinski definition) is 1. The fourth-order valence-corrected chi connectivity index (χ4v) is 2.15. The molecular formula is C13H13ClN4O. The largest absolute Gasteiger partial charge is 0.312 e. The molecule has 1 aromatic carbocycles. The van der Waals surface area contributed by atoms with Crippen molar-refractivity contribution in [3.05, 3.63) is 46.7 Å². The molecule has 0 saturated carbocycles. The van der Waals surface area contributed by atoms with Gasteiger partial charge in [0.25, 0.3) is 0 Å². The summed E-state index contributed by atoms with van der Waals surface area (Å²) in [7, 11) is 0. The number of nitrogens with zero attached hydrogens (tertiary/aromatic N) is 3. The van der Waals surface area contributed by atoms with E-state index in [1.807, 2.05) is 18.2 Å². The Balaban J connectivity index is 1.73. The van der Waals surface area contributed by atoms with Gasteiger partial charge < -0.3 is 5.32 Å². The molecule has 0 atom stereocenters. The Hall–Kier alpha value is -1.72. The number of Topliss-reactive ketones (excluding diaryl/α,β-unsaturated/α-hetero) is 1. The monoisotopic (exact) mass is 276 g/mol. The van der Waals surface area contributed by atoms with E-state index in [0.29, 0.717) is 16.8 Å². The fraction of sp³-hybridized carbons (Fsp3) is 0.308. The van der Waals surface area contributed by atoms with Crippen molar-refractivity contribution in [1.82, 2.24) is 20.3 Å². The summed E-state index contributed by atoms with van der Waals surface area (Å²) in [4.78, 5) is 12.1. The highest BCUT2D eigenvalue weighted by atomic mass is 35.5. The first-order valence-electron chi connectivity index (χ1n) is 6.13. The van der Waals surface area contributed by atoms with Crippen LogP contribution in [0.3, 0.4) is 0 Å². The van der Waals surface area contributed by atoms with E-state index in [4.69, 9.17) is 11.6 Å². The van der Waals surface area contributed by atoms with E-state index < -0.39 is 0 Å². The Labute approximate surface area is 115 Å². The van der Waals surface area contributed by atoms with Gasteiger partial charge in [0.15, 0.2) is 5.78 Å². The lowest BCUT2D eigenvalue weighted by molar-refractivity contribution is 0.0988. The molecule has 3 rings (SSSR count). The molecule has 0 bridgehead atoms. The number of carbonyl (C=O) groups excluding carboxylic acids is 1. The topological polar surface area (TPSA) is 59.8 Å². The maximum atomic E-state index is 12.1. The normalized spacial score (nSPS) is 15.2. The molecule has 0 radical (unpaired) electrons. The number of hydrogen-bond acceptors (Lipinski definition) is 4. The molecule has 1 N–H and O–H groups in total. The standard InChI is InChI=1S/C13H13ClN4O/c14-11-4-2-1-3-9(11)5-13(19)12-8-18(17-16-12)10-6-15-7-10/h1-4,8,10,15H,5-7H2. The molecule has 5 nitrogen and oxygen atoms in total. The third kappa shape index (κ3) is 2.52. The van der Waals surface area contributed by atoms with Crippen molar-refractivity contribution in [3.63, 3.8) is 0 Å². The number of benzene rings is 1. The van der Waals surface area contributed by atoms with E-state index in [0.717, 1.165) is 18.7 Å². The van der Waals surface area contributed by atoms with Gasteiger partial charge in [-0.1, -0.05) is 35.0 Å². The molecule has 6 heteroatoms. The minimum absolute atomic E-state index is 0.0633. The van der Waals surface area contributed by atoms with E-state index in [-0.39, 0.29) is 12.2 Å². The van der Waals surface area contributed by atoms with Crippen LogP contribution in [0.4, 0.5) is 0 Å². The summed E-state index contributed by atoms with van der Waals surface area (Å²) in [6.45, 7) is 1.75. The molecule has 2 heterocycles. The van der Waals surface area contributed by atoms with Crippen LogP contribution in [-0.2, 0) is 6.42 Å². The van der Waals surface area contributed by atoms with Gasteiger partial charge in [0, 0.05) is 24.5 Å². The van der Waals surface area contributed by atoms with Gasteiger partial charge in [0.05, 0.1) is 12.2 Å². The number of carbonyl (C=O) groups is 1. The van der Waals surface area contributed by atoms with Gasteiger partial charge in [-0.25, -0.2) is 4.68 Å². The Morgan fingerprint density at radius 1 is 1.42 bits per heavy atom. The highest BCUT2D eigenvalue weighted by molar-refractivity contribution is 6.31. The quantitative estimate of drug-likeness (QED) is 0.860. The van der Waals surface area contributed by atoms with Crippen LogP contribution in [0, 0.1) is 0 Å². The summed E-state index contributed by atoms with van der Waals surface area (Å²) < 4.78 is 1.75. The minimum Gasteiger partial charge on any atom is -0.312 e. The molecule has 0 spiro atoms. The third-order valence-electron chi connectivity index (χ3n) is 3.24. The molecule has 2 aromatic rings. The lowest BCUT2D eigenvalue weighted by atomic mass is 10.1. The zero-order valence-corrected chi connectivity index (χ0v) is 11.0. The van der Waals surface area contributed by atoms with Gasteiger partial charge in [0.1, 0.15) is 5.69 Å². The summed E-state index contributed by atoms with van der Waals surface area (Å²) >= 11 is 6.04. The van der Waals surface area contributed by atoms with Crippen molar-refractivity contribution in [2.24, 2.45) is 0 Å². The van der Waals surface area contributed by atoms with Crippen LogP contribution in [0.15, 0.2) is 30.5 Å². The van der Waals surface area contributed by atoms with Crippen molar-refractivity contribution in [1.29, 1.82) is 0 Å². The van der Waals surface area contributed by atoms with Gasteiger partial charge in [-0.05, 0) is 11.6 Å². The first-order valence-corrected chi connectivity index (χ1v) is 6.51. The second kappa shape index (κ2) is 5.11. The second-order valence-corrected chi connectivity index (χ2v) is 4.99. The maximum Gasteiger partial charge on any atom is 0.189 e. The lowest BCUT2D eigenvalue weighted by Gasteiger charge is -2.26. The zero-order chi connectivity index (χ0) is 13.2. The molecule has 0 aliphatic carbocycles. The Bertz CT molecular complexity index is 606. The number of ketones is 1. The summed E-state index contributed by atoms with van der Waals surface area (Å²) in [6.07, 6.45) is 1.96. The molecule has 1 saturated heterocycles. The number of aromatic nitrogens is 3. The summed E-state index contributed by atoms with van der Waals surface area (Å²) in [5, 5.41) is 11.7. The summed E-state index contributed by atoms with van der Waals surface area (Å²) in [6, 6.07) is 7.65. The molecule has 0 amide bonds. The van der Waals surface area contributed by atoms with Gasteiger partial charge >= 0.3 is 0 Å². The highest BCUT2D eigenvalue weighted by Crippen LogP contribution is 2.17. The van der Waals surface area contributed by atoms with Crippen molar-refractivity contribution in [2.75, 3.05) is 13.1 Å². The fourth-order valence-electron chi connectivity index (χ4n) is 1.95. The van der Waals surface area contributed by atoms with Crippen molar-refractivity contribution in [2.45, 2.75) is 12.5 Å². The predicted octanol–water partition coefficient (Wildman–Crippen LogP) is 1.50. The van der Waals surface area contributed by atoms with Gasteiger partial charge in [0.2, 0.25) is 0 Å². The molecule has 1 fully saturated rings. The van der Waals surface area contributed by atoms with Crippen LogP contribution >= 0.6 is 11.6 Å². The average molecular weight is 277 g/mol. The molecular weight excluding hydrogens is 264 g/mol. The number of halogens is 1. The first kappa shape index (κ1) is 12.3. The van der Waals surface area contributed by atoms with Gasteiger partial charge in [-0.3, -0.25) is 4.79 Å². The highest BCUT2D eigenvalue weighted by Gasteiger charge is 2.21.